The van der Waals surface area contributed by atoms with Gasteiger partial charge in [0.2, 0.25) is 0 Å². The molecule has 1 fully saturated rings. The van der Waals surface area contributed by atoms with Gasteiger partial charge in [0.1, 0.15) is 11.3 Å². The molecular formula is C18H25NO. The van der Waals surface area contributed by atoms with Gasteiger partial charge in [-0.1, -0.05) is 50.3 Å². The number of aryl methyl sites for hydroxylation is 1. The molecular weight excluding hydrogens is 246 g/mol. The van der Waals surface area contributed by atoms with Crippen LogP contribution in [0.5, 0.6) is 0 Å². The fraction of sp³-hybridized carbons (Fsp3) is 0.556. The van der Waals surface area contributed by atoms with Gasteiger partial charge in [0.05, 0.1) is 6.04 Å². The van der Waals surface area contributed by atoms with Crippen LogP contribution < -0.4 is 5.73 Å². The Balaban J connectivity index is 1.83. The molecule has 0 spiro atoms. The van der Waals surface area contributed by atoms with Crippen molar-refractivity contribution < 1.29 is 4.42 Å². The Morgan fingerprint density at radius 2 is 1.80 bits per heavy atom. The Morgan fingerprint density at radius 1 is 1.10 bits per heavy atom. The van der Waals surface area contributed by atoms with Gasteiger partial charge in [-0.3, -0.25) is 0 Å². The summed E-state index contributed by atoms with van der Waals surface area (Å²) in [7, 11) is 0. The number of furan rings is 1. The van der Waals surface area contributed by atoms with Crippen molar-refractivity contribution in [1.82, 2.24) is 0 Å². The lowest BCUT2D eigenvalue weighted by Gasteiger charge is -2.24. The first-order chi connectivity index (χ1) is 9.75. The van der Waals surface area contributed by atoms with Gasteiger partial charge < -0.3 is 10.2 Å². The highest BCUT2D eigenvalue weighted by Crippen LogP contribution is 2.34. The van der Waals surface area contributed by atoms with Gasteiger partial charge in [-0.15, -0.1) is 0 Å². The molecule has 0 radical (unpaired) electrons. The number of hydrogen-bond acceptors (Lipinski definition) is 2. The van der Waals surface area contributed by atoms with Crippen molar-refractivity contribution in [1.29, 1.82) is 0 Å². The second-order valence-electron chi connectivity index (χ2n) is 6.27. The van der Waals surface area contributed by atoms with Crippen molar-refractivity contribution in [3.63, 3.8) is 0 Å². The summed E-state index contributed by atoms with van der Waals surface area (Å²) in [6.45, 7) is 2.09. The Labute approximate surface area is 121 Å². The molecule has 108 valence electrons. The molecule has 1 heterocycles. The number of fused-ring (bicyclic) bond motifs is 1. The van der Waals surface area contributed by atoms with E-state index < -0.39 is 0 Å². The summed E-state index contributed by atoms with van der Waals surface area (Å²) in [5.41, 5.74) is 8.71. The van der Waals surface area contributed by atoms with Crippen molar-refractivity contribution >= 4 is 11.0 Å². The molecule has 3 rings (SSSR count). The molecule has 2 N–H and O–H groups in total. The Kier molecular flexibility index (Phi) is 4.11. The maximum Gasteiger partial charge on any atom is 0.137 e. The molecule has 0 saturated heterocycles. The van der Waals surface area contributed by atoms with Crippen molar-refractivity contribution in [2.45, 2.75) is 57.9 Å². The highest BCUT2D eigenvalue weighted by molar-refractivity contribution is 5.81. The van der Waals surface area contributed by atoms with E-state index in [0.29, 0.717) is 5.92 Å². The van der Waals surface area contributed by atoms with Crippen molar-refractivity contribution in [2.75, 3.05) is 0 Å². The molecule has 1 atom stereocenters. The molecule has 1 aliphatic rings. The smallest absolute Gasteiger partial charge is 0.137 e. The third-order valence-corrected chi connectivity index (χ3v) is 4.75. The molecule has 1 saturated carbocycles. The van der Waals surface area contributed by atoms with E-state index >= 15 is 0 Å². The molecule has 2 heteroatoms. The molecule has 20 heavy (non-hydrogen) atoms. The lowest BCUT2D eigenvalue weighted by atomic mass is 9.85. The minimum Gasteiger partial charge on any atom is -0.459 e. The third kappa shape index (κ3) is 2.76. The number of rotatable bonds is 2. The van der Waals surface area contributed by atoms with E-state index in [4.69, 9.17) is 10.2 Å². The first kappa shape index (κ1) is 13.7. The average molecular weight is 271 g/mol. The largest absolute Gasteiger partial charge is 0.459 e. The van der Waals surface area contributed by atoms with Crippen molar-refractivity contribution in [2.24, 2.45) is 11.7 Å². The van der Waals surface area contributed by atoms with Crippen LogP contribution in [0.4, 0.5) is 0 Å². The van der Waals surface area contributed by atoms with Gasteiger partial charge in [0.25, 0.3) is 0 Å². The van der Waals surface area contributed by atoms with Gasteiger partial charge in [0.15, 0.2) is 0 Å². The van der Waals surface area contributed by atoms with Crippen LogP contribution in [-0.4, -0.2) is 0 Å². The van der Waals surface area contributed by atoms with Crippen LogP contribution in [0.2, 0.25) is 0 Å². The number of nitrogens with two attached hydrogens (primary N) is 1. The van der Waals surface area contributed by atoms with Gasteiger partial charge >= 0.3 is 0 Å². The molecule has 0 aliphatic heterocycles. The fourth-order valence-electron chi connectivity index (χ4n) is 3.47. The average Bonchev–Trinajstić information content (AvgIpc) is 2.83. The van der Waals surface area contributed by atoms with Crippen LogP contribution in [0, 0.1) is 12.8 Å². The maximum absolute atomic E-state index is 6.51. The molecule has 1 aliphatic carbocycles. The zero-order chi connectivity index (χ0) is 13.9. The fourth-order valence-corrected chi connectivity index (χ4v) is 3.47. The third-order valence-electron chi connectivity index (χ3n) is 4.75. The molecule has 1 aromatic carbocycles. The van der Waals surface area contributed by atoms with Crippen LogP contribution in [0.3, 0.4) is 0 Å². The van der Waals surface area contributed by atoms with Crippen LogP contribution >= 0.6 is 0 Å². The van der Waals surface area contributed by atoms with Gasteiger partial charge in [0, 0.05) is 5.39 Å². The van der Waals surface area contributed by atoms with Crippen molar-refractivity contribution in [3.05, 3.63) is 35.6 Å². The van der Waals surface area contributed by atoms with E-state index in [0.717, 1.165) is 11.3 Å². The van der Waals surface area contributed by atoms with E-state index in [9.17, 15) is 0 Å². The maximum atomic E-state index is 6.51. The van der Waals surface area contributed by atoms with E-state index in [2.05, 4.69) is 31.2 Å². The summed E-state index contributed by atoms with van der Waals surface area (Å²) in [4.78, 5) is 0. The van der Waals surface area contributed by atoms with E-state index in [1.807, 2.05) is 0 Å². The lowest BCUT2D eigenvalue weighted by Crippen LogP contribution is -2.21. The van der Waals surface area contributed by atoms with Gasteiger partial charge in [-0.2, -0.15) is 0 Å². The van der Waals surface area contributed by atoms with Crippen LogP contribution in [-0.2, 0) is 0 Å². The molecule has 2 nitrogen and oxygen atoms in total. The van der Waals surface area contributed by atoms with Gasteiger partial charge in [-0.25, -0.2) is 0 Å². The minimum absolute atomic E-state index is 0.0555. The first-order valence-corrected chi connectivity index (χ1v) is 8.00. The van der Waals surface area contributed by atoms with E-state index in [-0.39, 0.29) is 6.04 Å². The first-order valence-electron chi connectivity index (χ1n) is 8.00. The monoisotopic (exact) mass is 271 g/mol. The highest BCUT2D eigenvalue weighted by Gasteiger charge is 2.23. The molecule has 1 unspecified atom stereocenters. The zero-order valence-electron chi connectivity index (χ0n) is 12.4. The Bertz CT molecular complexity index is 564. The van der Waals surface area contributed by atoms with Gasteiger partial charge in [-0.05, 0) is 37.3 Å². The molecule has 2 aromatic rings. The standard InChI is InChI=1S/C18H25NO/c1-13-8-7-11-15-12-16(20-18(13)15)17(19)14-9-5-3-2-4-6-10-14/h7-8,11-12,14,17H,2-6,9-10,19H2,1H3. The zero-order valence-corrected chi connectivity index (χ0v) is 12.4. The normalized spacial score (nSPS) is 19.7. The second kappa shape index (κ2) is 6.01. The van der Waals surface area contributed by atoms with E-state index in [1.54, 1.807) is 0 Å². The number of benzene rings is 1. The molecule has 1 aromatic heterocycles. The summed E-state index contributed by atoms with van der Waals surface area (Å²) in [6, 6.07) is 8.49. The molecule has 0 bridgehead atoms. The number of hydrogen-bond donors (Lipinski definition) is 1. The number of para-hydroxylation sites is 1. The summed E-state index contributed by atoms with van der Waals surface area (Å²) in [5.74, 6) is 1.55. The highest BCUT2D eigenvalue weighted by atomic mass is 16.3. The molecule has 0 amide bonds. The Hall–Kier alpha value is -1.28. The van der Waals surface area contributed by atoms with Crippen molar-refractivity contribution in [3.8, 4) is 0 Å². The topological polar surface area (TPSA) is 39.2 Å². The quantitative estimate of drug-likeness (QED) is 0.825. The SMILES string of the molecule is Cc1cccc2cc(C(N)C3CCCCCCC3)oc12. The Morgan fingerprint density at radius 3 is 2.50 bits per heavy atom. The predicted molar refractivity (Wildman–Crippen MR) is 83.7 cm³/mol. The van der Waals surface area contributed by atoms with E-state index in [1.165, 1.54) is 55.9 Å². The summed E-state index contributed by atoms with van der Waals surface area (Å²) in [6.07, 6.45) is 9.25. The lowest BCUT2D eigenvalue weighted by molar-refractivity contribution is 0.301. The predicted octanol–water partition coefficient (Wildman–Crippen LogP) is 5.10. The van der Waals surface area contributed by atoms with Crippen LogP contribution in [0.1, 0.15) is 62.3 Å². The summed E-state index contributed by atoms with van der Waals surface area (Å²) in [5, 5.41) is 1.18. The van der Waals surface area contributed by atoms with Crippen LogP contribution in [0.15, 0.2) is 28.7 Å². The summed E-state index contributed by atoms with van der Waals surface area (Å²) < 4.78 is 6.06. The summed E-state index contributed by atoms with van der Waals surface area (Å²) >= 11 is 0. The second-order valence-corrected chi connectivity index (χ2v) is 6.27. The van der Waals surface area contributed by atoms with Crippen LogP contribution in [0.25, 0.3) is 11.0 Å². The minimum atomic E-state index is 0.0555.